The number of aromatic nitrogens is 2. The van der Waals surface area contributed by atoms with Crippen LogP contribution in [0.4, 0.5) is 4.39 Å². The van der Waals surface area contributed by atoms with Crippen molar-refractivity contribution in [3.8, 4) is 11.1 Å². The van der Waals surface area contributed by atoms with Crippen molar-refractivity contribution in [1.82, 2.24) is 15.6 Å². The molecule has 24 heavy (non-hydrogen) atoms. The maximum Gasteiger partial charge on any atom is 0.271 e. The van der Waals surface area contributed by atoms with Gasteiger partial charge < -0.3 is 0 Å². The number of hydrogen-bond acceptors (Lipinski definition) is 3. The SMILES string of the molecule is Cc1ccc(C(=O)N/N=C\c2[nH]ncc2-c2ccc(F)cc2)cc1. The van der Waals surface area contributed by atoms with Gasteiger partial charge >= 0.3 is 0 Å². The molecule has 0 bridgehead atoms. The van der Waals surface area contributed by atoms with E-state index in [-0.39, 0.29) is 11.7 Å². The summed E-state index contributed by atoms with van der Waals surface area (Å²) < 4.78 is 13.0. The van der Waals surface area contributed by atoms with Gasteiger partial charge in [-0.25, -0.2) is 9.82 Å². The molecule has 0 radical (unpaired) electrons. The molecule has 0 spiro atoms. The van der Waals surface area contributed by atoms with Gasteiger partial charge in [-0.05, 0) is 36.8 Å². The number of carbonyl (C=O) groups excluding carboxylic acids is 1. The lowest BCUT2D eigenvalue weighted by Crippen LogP contribution is -2.17. The monoisotopic (exact) mass is 322 g/mol. The highest BCUT2D eigenvalue weighted by Crippen LogP contribution is 2.21. The van der Waals surface area contributed by atoms with Crippen molar-refractivity contribution in [3.05, 3.63) is 77.4 Å². The van der Waals surface area contributed by atoms with Crippen LogP contribution < -0.4 is 5.43 Å². The third kappa shape index (κ3) is 3.55. The molecule has 2 N–H and O–H groups in total. The second-order valence-electron chi connectivity index (χ2n) is 5.27. The molecule has 0 atom stereocenters. The normalized spacial score (nSPS) is 10.9. The van der Waals surface area contributed by atoms with Gasteiger partial charge in [-0.1, -0.05) is 29.8 Å². The van der Waals surface area contributed by atoms with Crippen LogP contribution in [0.2, 0.25) is 0 Å². The van der Waals surface area contributed by atoms with Gasteiger partial charge in [0.25, 0.3) is 5.91 Å². The van der Waals surface area contributed by atoms with Crippen molar-refractivity contribution in [2.45, 2.75) is 6.92 Å². The molecule has 0 unspecified atom stereocenters. The quantitative estimate of drug-likeness (QED) is 0.571. The van der Waals surface area contributed by atoms with Crippen molar-refractivity contribution in [1.29, 1.82) is 0 Å². The zero-order chi connectivity index (χ0) is 16.9. The fourth-order valence-electron chi connectivity index (χ4n) is 2.18. The Labute approximate surface area is 138 Å². The van der Waals surface area contributed by atoms with Gasteiger partial charge in [-0.3, -0.25) is 9.89 Å². The summed E-state index contributed by atoms with van der Waals surface area (Å²) in [5.41, 5.74) is 6.26. The lowest BCUT2D eigenvalue weighted by atomic mass is 10.1. The predicted molar refractivity (Wildman–Crippen MR) is 90.2 cm³/mol. The van der Waals surface area contributed by atoms with E-state index in [4.69, 9.17) is 0 Å². The van der Waals surface area contributed by atoms with Gasteiger partial charge in [0, 0.05) is 11.1 Å². The molecule has 3 aromatic rings. The third-order valence-corrected chi connectivity index (χ3v) is 3.50. The minimum absolute atomic E-state index is 0.297. The molecule has 1 amide bonds. The fraction of sp³-hybridized carbons (Fsp3) is 0.0556. The van der Waals surface area contributed by atoms with E-state index in [2.05, 4.69) is 20.7 Å². The number of halogens is 1. The van der Waals surface area contributed by atoms with E-state index in [1.807, 2.05) is 19.1 Å². The molecular formula is C18H15FN4O. The highest BCUT2D eigenvalue weighted by molar-refractivity contribution is 5.95. The van der Waals surface area contributed by atoms with Crippen LogP contribution in [0.5, 0.6) is 0 Å². The number of nitrogens with zero attached hydrogens (tertiary/aromatic N) is 2. The first-order valence-electron chi connectivity index (χ1n) is 7.33. The lowest BCUT2D eigenvalue weighted by Gasteiger charge is -2.01. The van der Waals surface area contributed by atoms with Crippen LogP contribution in [-0.4, -0.2) is 22.3 Å². The first-order chi connectivity index (χ1) is 11.6. The second-order valence-corrected chi connectivity index (χ2v) is 5.27. The Morgan fingerprint density at radius 2 is 1.88 bits per heavy atom. The molecule has 0 aliphatic rings. The van der Waals surface area contributed by atoms with Crippen molar-refractivity contribution in [2.24, 2.45) is 5.10 Å². The average molecular weight is 322 g/mol. The van der Waals surface area contributed by atoms with Crippen LogP contribution in [0, 0.1) is 12.7 Å². The van der Waals surface area contributed by atoms with Crippen LogP contribution in [0.25, 0.3) is 11.1 Å². The van der Waals surface area contributed by atoms with Gasteiger partial charge in [0.1, 0.15) is 5.82 Å². The van der Waals surface area contributed by atoms with E-state index in [1.165, 1.54) is 18.3 Å². The molecule has 1 heterocycles. The summed E-state index contributed by atoms with van der Waals surface area (Å²) in [6.45, 7) is 1.95. The fourth-order valence-corrected chi connectivity index (χ4v) is 2.18. The summed E-state index contributed by atoms with van der Waals surface area (Å²) in [7, 11) is 0. The Kier molecular flexibility index (Phi) is 4.47. The average Bonchev–Trinajstić information content (AvgIpc) is 3.04. The maximum atomic E-state index is 13.0. The van der Waals surface area contributed by atoms with Crippen LogP contribution >= 0.6 is 0 Å². The third-order valence-electron chi connectivity index (χ3n) is 3.50. The number of aromatic amines is 1. The number of aryl methyl sites for hydroxylation is 1. The zero-order valence-electron chi connectivity index (χ0n) is 13.0. The number of hydrazone groups is 1. The Bertz CT molecular complexity index is 867. The van der Waals surface area contributed by atoms with Gasteiger partial charge in [-0.15, -0.1) is 0 Å². The first-order valence-corrected chi connectivity index (χ1v) is 7.33. The van der Waals surface area contributed by atoms with Gasteiger partial charge in [0.2, 0.25) is 0 Å². The summed E-state index contributed by atoms with van der Waals surface area (Å²) in [6, 6.07) is 13.3. The van der Waals surface area contributed by atoms with E-state index < -0.39 is 0 Å². The number of carbonyl (C=O) groups is 1. The number of benzene rings is 2. The van der Waals surface area contributed by atoms with Gasteiger partial charge in [-0.2, -0.15) is 10.2 Å². The van der Waals surface area contributed by atoms with Crippen LogP contribution in [0.3, 0.4) is 0 Å². The van der Waals surface area contributed by atoms with Crippen molar-refractivity contribution < 1.29 is 9.18 Å². The standard InChI is InChI=1S/C18H15FN4O/c1-12-2-4-14(5-3-12)18(24)23-21-11-17-16(10-20-22-17)13-6-8-15(19)9-7-13/h2-11H,1H3,(H,20,22)(H,23,24)/b21-11-. The van der Waals surface area contributed by atoms with Crippen molar-refractivity contribution >= 4 is 12.1 Å². The molecule has 0 fully saturated rings. The van der Waals surface area contributed by atoms with Crippen LogP contribution in [0.15, 0.2) is 59.8 Å². The number of nitrogens with one attached hydrogen (secondary N) is 2. The van der Waals surface area contributed by atoms with E-state index in [9.17, 15) is 9.18 Å². The van der Waals surface area contributed by atoms with E-state index in [0.717, 1.165) is 16.7 Å². The molecule has 0 aliphatic heterocycles. The highest BCUT2D eigenvalue weighted by Gasteiger charge is 2.07. The number of amides is 1. The minimum atomic E-state index is -0.303. The maximum absolute atomic E-state index is 13.0. The topological polar surface area (TPSA) is 70.1 Å². The second kappa shape index (κ2) is 6.87. The molecule has 0 aliphatic carbocycles. The molecule has 3 rings (SSSR count). The van der Waals surface area contributed by atoms with E-state index in [0.29, 0.717) is 11.3 Å². The Balaban J connectivity index is 1.71. The smallest absolute Gasteiger partial charge is 0.271 e. The summed E-state index contributed by atoms with van der Waals surface area (Å²) in [4.78, 5) is 12.0. The minimum Gasteiger partial charge on any atom is -0.276 e. The molecule has 1 aromatic heterocycles. The molecule has 0 saturated heterocycles. The molecule has 5 nitrogen and oxygen atoms in total. The highest BCUT2D eigenvalue weighted by atomic mass is 19.1. The molecular weight excluding hydrogens is 307 g/mol. The molecule has 0 saturated carbocycles. The van der Waals surface area contributed by atoms with E-state index in [1.54, 1.807) is 30.5 Å². The number of hydrogen-bond donors (Lipinski definition) is 2. The van der Waals surface area contributed by atoms with Crippen molar-refractivity contribution in [2.75, 3.05) is 0 Å². The number of H-pyrrole nitrogens is 1. The molecule has 2 aromatic carbocycles. The van der Waals surface area contributed by atoms with E-state index >= 15 is 0 Å². The summed E-state index contributed by atoms with van der Waals surface area (Å²) in [6.07, 6.45) is 3.09. The summed E-state index contributed by atoms with van der Waals surface area (Å²) in [5.74, 6) is -0.600. The van der Waals surface area contributed by atoms with Gasteiger partial charge in [0.05, 0.1) is 18.1 Å². The largest absolute Gasteiger partial charge is 0.276 e. The van der Waals surface area contributed by atoms with Gasteiger partial charge in [0.15, 0.2) is 0 Å². The summed E-state index contributed by atoms with van der Waals surface area (Å²) >= 11 is 0. The summed E-state index contributed by atoms with van der Waals surface area (Å²) in [5, 5.41) is 10.7. The van der Waals surface area contributed by atoms with Crippen LogP contribution in [0.1, 0.15) is 21.6 Å². The zero-order valence-corrected chi connectivity index (χ0v) is 13.0. The molecule has 120 valence electrons. The lowest BCUT2D eigenvalue weighted by molar-refractivity contribution is 0.0955. The Hall–Kier alpha value is -3.28. The number of rotatable bonds is 4. The molecule has 6 heteroatoms. The van der Waals surface area contributed by atoms with Crippen molar-refractivity contribution in [3.63, 3.8) is 0 Å². The first kappa shape index (κ1) is 15.6. The predicted octanol–water partition coefficient (Wildman–Crippen LogP) is 3.29. The van der Waals surface area contributed by atoms with Crippen LogP contribution in [-0.2, 0) is 0 Å². The Morgan fingerprint density at radius 1 is 1.17 bits per heavy atom. The Morgan fingerprint density at radius 3 is 2.58 bits per heavy atom.